The molecule has 1 atom stereocenters. The number of hydrogen-bond donors (Lipinski definition) is 1. The normalized spacial score (nSPS) is 18.4. The van der Waals surface area contributed by atoms with Crippen LogP contribution < -0.4 is 4.94 Å². The highest BCUT2D eigenvalue weighted by Crippen LogP contribution is 2.62. The fraction of sp³-hybridized carbons (Fsp3) is 1.00. The Labute approximate surface area is 138 Å². The minimum atomic E-state index is -8.40. The van der Waals surface area contributed by atoms with E-state index in [0.717, 1.165) is 0 Å². The predicted octanol–water partition coefficient (Wildman–Crippen LogP) is 4.21. The van der Waals surface area contributed by atoms with Crippen LogP contribution in [0.25, 0.3) is 0 Å². The van der Waals surface area contributed by atoms with E-state index in [1.54, 1.807) is 0 Å². The monoisotopic (exact) mass is 463 g/mol. The molecule has 19 heteroatoms. The van der Waals surface area contributed by atoms with Gasteiger partial charge in [-0.3, -0.25) is 0 Å². The number of rotatable bonds is 7. The largest absolute Gasteiger partial charge is 0.460 e. The van der Waals surface area contributed by atoms with Gasteiger partial charge in [0.1, 0.15) is 0 Å². The summed E-state index contributed by atoms with van der Waals surface area (Å²) in [7, 11) is -7.01. The number of hydrogen-bond acceptors (Lipinski definition) is 2. The van der Waals surface area contributed by atoms with E-state index < -0.39 is 62.7 Å². The van der Waals surface area contributed by atoms with Crippen LogP contribution in [0.5, 0.6) is 0 Å². The lowest BCUT2D eigenvalue weighted by molar-refractivity contribution is -0.444. The van der Waals surface area contributed by atoms with Gasteiger partial charge in [0.05, 0.1) is 0 Å². The molecule has 164 valence electrons. The van der Waals surface area contributed by atoms with Crippen molar-refractivity contribution in [2.75, 3.05) is 0 Å². The topological polar surface area (TPSA) is 46.2 Å². The van der Waals surface area contributed by atoms with Crippen LogP contribution >= 0.6 is 0 Å². The van der Waals surface area contributed by atoms with Gasteiger partial charge in [-0.05, 0) is 11.9 Å². The lowest BCUT2D eigenvalue weighted by Crippen LogP contribution is -2.73. The fourth-order valence-electron chi connectivity index (χ4n) is 1.29. The Morgan fingerprint density at radius 1 is 0.556 bits per heavy atom. The molecule has 0 heterocycles. The van der Waals surface area contributed by atoms with Gasteiger partial charge in [0.15, 0.2) is 0 Å². The quantitative estimate of drug-likeness (QED) is 0.455. The zero-order valence-electron chi connectivity index (χ0n) is 11.9. The molecule has 0 aromatic carbocycles. The van der Waals surface area contributed by atoms with Crippen LogP contribution in [0, 0.1) is 0 Å². The summed E-state index contributed by atoms with van der Waals surface area (Å²) in [5.41, 5.74) is 0. The third kappa shape index (κ3) is 3.09. The van der Waals surface area contributed by atoms with Gasteiger partial charge in [0.2, 0.25) is 0 Å². The second-order valence-electron chi connectivity index (χ2n) is 4.87. The first-order valence-electron chi connectivity index (χ1n) is 5.58. The first-order chi connectivity index (χ1) is 11.3. The maximum Gasteiger partial charge on any atom is 0.460 e. The summed E-state index contributed by atoms with van der Waals surface area (Å²) in [6, 6.07) is 0. The summed E-state index contributed by atoms with van der Waals surface area (Å²) in [4.78, 5) is -0.872. The van der Waals surface area contributed by atoms with Crippen molar-refractivity contribution in [3.63, 3.8) is 0 Å². The van der Waals surface area contributed by atoms with Gasteiger partial charge >= 0.3 is 35.8 Å². The molecule has 3 nitrogen and oxygen atoms in total. The minimum absolute atomic E-state index is 0.872. The Bertz CT molecular complexity index is 664. The highest BCUT2D eigenvalue weighted by atomic mass is 32.2. The number of alkyl halides is 14. The third-order valence-corrected chi connectivity index (χ3v) is 4.57. The highest BCUT2D eigenvalue weighted by molar-refractivity contribution is 7.90. The zero-order valence-corrected chi connectivity index (χ0v) is 12.7. The molecule has 0 fully saturated rings. The van der Waals surface area contributed by atoms with Gasteiger partial charge in [-0.1, -0.05) is 0 Å². The zero-order chi connectivity index (χ0) is 22.7. The molecule has 0 saturated carbocycles. The van der Waals surface area contributed by atoms with E-state index in [4.69, 9.17) is 0 Å². The summed E-state index contributed by atoms with van der Waals surface area (Å²) in [6.45, 7) is -1.26. The summed E-state index contributed by atoms with van der Waals surface area (Å²) in [5.74, 6) is -40.7. The van der Waals surface area contributed by atoms with E-state index in [9.17, 15) is 74.4 Å². The molecular formula is C8H4F15NO2S. The summed E-state index contributed by atoms with van der Waals surface area (Å²) in [6.07, 6.45) is -7.68. The van der Waals surface area contributed by atoms with Crippen LogP contribution in [-0.4, -0.2) is 49.2 Å². The van der Waals surface area contributed by atoms with Gasteiger partial charge in [0.25, 0.3) is 15.0 Å². The number of halogens is 15. The van der Waals surface area contributed by atoms with Crippen molar-refractivity contribution >= 4 is 10.0 Å². The SMILES string of the molecule is CC(F)(C(F)(F)C(F)(F)C(F)(F)C(F)(F)C(F)(F)C(F)(F)F)S(=O)(=O)NF. The molecule has 0 aromatic heterocycles. The highest BCUT2D eigenvalue weighted by Gasteiger charge is 2.93. The van der Waals surface area contributed by atoms with Gasteiger partial charge in [-0.25, -0.2) is 12.8 Å². The second-order valence-corrected chi connectivity index (χ2v) is 6.79. The average molecular weight is 463 g/mol. The Kier molecular flexibility index (Phi) is 5.92. The van der Waals surface area contributed by atoms with Gasteiger partial charge in [0, 0.05) is 0 Å². The van der Waals surface area contributed by atoms with Crippen molar-refractivity contribution in [3.05, 3.63) is 0 Å². The lowest BCUT2D eigenvalue weighted by atomic mass is 9.92. The van der Waals surface area contributed by atoms with Crippen molar-refractivity contribution in [1.29, 1.82) is 0 Å². The predicted molar refractivity (Wildman–Crippen MR) is 53.5 cm³/mol. The summed E-state index contributed by atoms with van der Waals surface area (Å²) in [5, 5.41) is -6.23. The van der Waals surface area contributed by atoms with Gasteiger partial charge in [-0.15, -0.1) is 4.48 Å². The van der Waals surface area contributed by atoms with Crippen LogP contribution in [0.2, 0.25) is 0 Å². The van der Waals surface area contributed by atoms with Crippen LogP contribution in [0.15, 0.2) is 0 Å². The van der Waals surface area contributed by atoms with E-state index in [1.165, 1.54) is 0 Å². The van der Waals surface area contributed by atoms with Crippen LogP contribution in [-0.2, 0) is 10.0 Å². The number of nitrogens with one attached hydrogen (secondary N) is 1. The van der Waals surface area contributed by atoms with E-state index >= 15 is 0 Å². The maximum absolute atomic E-state index is 13.5. The molecular weight excluding hydrogens is 459 g/mol. The van der Waals surface area contributed by atoms with Crippen molar-refractivity contribution in [3.8, 4) is 0 Å². The number of sulfonamides is 1. The second kappa shape index (κ2) is 6.18. The van der Waals surface area contributed by atoms with E-state index in [1.807, 2.05) is 0 Å². The molecule has 0 aliphatic carbocycles. The van der Waals surface area contributed by atoms with Crippen LogP contribution in [0.3, 0.4) is 0 Å². The van der Waals surface area contributed by atoms with Crippen LogP contribution in [0.4, 0.5) is 65.9 Å². The van der Waals surface area contributed by atoms with Crippen molar-refractivity contribution in [2.24, 2.45) is 0 Å². The first-order valence-corrected chi connectivity index (χ1v) is 7.06. The molecule has 1 N–H and O–H groups in total. The minimum Gasteiger partial charge on any atom is -0.218 e. The maximum atomic E-state index is 13.5. The molecule has 0 amide bonds. The Balaban J connectivity index is 6.74. The van der Waals surface area contributed by atoms with E-state index in [2.05, 4.69) is 0 Å². The summed E-state index contributed by atoms with van der Waals surface area (Å²) >= 11 is 0. The molecule has 27 heavy (non-hydrogen) atoms. The Morgan fingerprint density at radius 3 is 1.07 bits per heavy atom. The standard InChI is InChI=1S/C8H4F15NO2S/c1-2(9,27(25,26)24-23)3(10,11)4(12,13)5(14,15)6(16,17)7(18,19)8(20,21)22/h24H,1H3. The molecule has 0 aliphatic rings. The third-order valence-electron chi connectivity index (χ3n) is 3.10. The van der Waals surface area contributed by atoms with Crippen molar-refractivity contribution in [1.82, 2.24) is 4.94 Å². The van der Waals surface area contributed by atoms with Gasteiger partial charge < -0.3 is 0 Å². The van der Waals surface area contributed by atoms with E-state index in [-0.39, 0.29) is 0 Å². The molecule has 0 saturated heterocycles. The smallest absolute Gasteiger partial charge is 0.218 e. The Hall–Kier alpha value is -1.14. The van der Waals surface area contributed by atoms with Crippen molar-refractivity contribution < 1.29 is 74.4 Å². The molecule has 0 aliphatic heterocycles. The molecule has 0 aromatic rings. The lowest BCUT2D eigenvalue weighted by Gasteiger charge is -2.42. The Morgan fingerprint density at radius 2 is 0.815 bits per heavy atom. The fourth-order valence-corrected chi connectivity index (χ4v) is 1.90. The average Bonchev–Trinajstić information content (AvgIpc) is 2.44. The van der Waals surface area contributed by atoms with Crippen molar-refractivity contribution in [2.45, 2.75) is 47.7 Å². The molecule has 0 rings (SSSR count). The molecule has 0 bridgehead atoms. The first kappa shape index (κ1) is 25.9. The van der Waals surface area contributed by atoms with Crippen LogP contribution in [0.1, 0.15) is 6.92 Å². The summed E-state index contributed by atoms with van der Waals surface area (Å²) < 4.78 is 212. The van der Waals surface area contributed by atoms with E-state index in [0.29, 0.717) is 0 Å². The molecule has 1 unspecified atom stereocenters. The van der Waals surface area contributed by atoms with Gasteiger partial charge in [-0.2, -0.15) is 57.1 Å². The molecule has 0 radical (unpaired) electrons. The molecule has 0 spiro atoms.